The fourth-order valence-corrected chi connectivity index (χ4v) is 2.45. The first-order valence-electron chi connectivity index (χ1n) is 5.55. The molecule has 2 nitrogen and oxygen atoms in total. The first-order chi connectivity index (χ1) is 7.66. The summed E-state index contributed by atoms with van der Waals surface area (Å²) in [6, 6.07) is 6.28. The lowest BCUT2D eigenvalue weighted by Gasteiger charge is -2.34. The maximum Gasteiger partial charge on any atom is 0.0465 e. The molecule has 0 aromatic heterocycles. The summed E-state index contributed by atoms with van der Waals surface area (Å²) in [6.45, 7) is 6.30. The Morgan fingerprint density at radius 3 is 2.82 bits per heavy atom. The van der Waals surface area contributed by atoms with Crippen LogP contribution in [0.5, 0.6) is 0 Å². The molecule has 0 saturated carbocycles. The molecule has 1 N–H and O–H groups in total. The number of hydrogen-bond acceptors (Lipinski definition) is 2. The molecule has 5 heteroatoms. The molecule has 1 aliphatic heterocycles. The van der Waals surface area contributed by atoms with Crippen LogP contribution < -0.4 is 5.32 Å². The van der Waals surface area contributed by atoms with Crippen LogP contribution in [0.4, 0.5) is 0 Å². The van der Waals surface area contributed by atoms with Gasteiger partial charge in [0, 0.05) is 42.3 Å². The fourth-order valence-electron chi connectivity index (χ4n) is 1.99. The molecule has 2 rings (SSSR count). The third kappa shape index (κ3) is 4.01. The molecule has 1 aromatic rings. The molecule has 1 aliphatic rings. The monoisotopic (exact) mass is 294 g/mol. The first-order valence-corrected chi connectivity index (χ1v) is 6.31. The Balaban J connectivity index is 0.00000144. The van der Waals surface area contributed by atoms with Crippen LogP contribution in [0.3, 0.4) is 0 Å². The number of piperazine rings is 1. The van der Waals surface area contributed by atoms with Gasteiger partial charge in [-0.25, -0.2) is 0 Å². The van der Waals surface area contributed by atoms with Gasteiger partial charge >= 0.3 is 0 Å². The minimum Gasteiger partial charge on any atom is -0.314 e. The topological polar surface area (TPSA) is 15.3 Å². The number of benzene rings is 1. The van der Waals surface area contributed by atoms with Gasteiger partial charge in [-0.1, -0.05) is 29.3 Å². The van der Waals surface area contributed by atoms with Gasteiger partial charge in [-0.3, -0.25) is 4.90 Å². The van der Waals surface area contributed by atoms with E-state index < -0.39 is 0 Å². The van der Waals surface area contributed by atoms with Crippen molar-refractivity contribution in [1.82, 2.24) is 10.2 Å². The van der Waals surface area contributed by atoms with Crippen molar-refractivity contribution in [3.63, 3.8) is 0 Å². The van der Waals surface area contributed by atoms with Gasteiger partial charge in [0.1, 0.15) is 0 Å². The minimum absolute atomic E-state index is 0. The van der Waals surface area contributed by atoms with Crippen molar-refractivity contribution in [1.29, 1.82) is 0 Å². The lowest BCUT2D eigenvalue weighted by molar-refractivity contribution is 0.165. The van der Waals surface area contributed by atoms with E-state index in [1.54, 1.807) is 0 Å². The smallest absolute Gasteiger partial charge is 0.0465 e. The first kappa shape index (κ1) is 15.1. The van der Waals surface area contributed by atoms with E-state index in [1.807, 2.05) is 18.2 Å². The Kier molecular flexibility index (Phi) is 6.04. The molecule has 0 aliphatic carbocycles. The summed E-state index contributed by atoms with van der Waals surface area (Å²) < 4.78 is 0. The summed E-state index contributed by atoms with van der Waals surface area (Å²) in [5.41, 5.74) is 1.15. The van der Waals surface area contributed by atoms with E-state index in [1.165, 1.54) is 0 Å². The Morgan fingerprint density at radius 2 is 2.18 bits per heavy atom. The SMILES string of the molecule is C[C@@H]1CNCCN1Cc1ccc(Cl)cc1Cl.Cl. The zero-order chi connectivity index (χ0) is 11.5. The van der Waals surface area contributed by atoms with Gasteiger partial charge in [-0.2, -0.15) is 0 Å². The average molecular weight is 296 g/mol. The molecule has 0 unspecified atom stereocenters. The van der Waals surface area contributed by atoms with Crippen LogP contribution in [0.1, 0.15) is 12.5 Å². The van der Waals surface area contributed by atoms with Gasteiger partial charge in [-0.15, -0.1) is 12.4 Å². The molecule has 1 aromatic carbocycles. The van der Waals surface area contributed by atoms with Crippen molar-refractivity contribution >= 4 is 35.6 Å². The minimum atomic E-state index is 0. The Labute approximate surface area is 119 Å². The van der Waals surface area contributed by atoms with Crippen molar-refractivity contribution < 1.29 is 0 Å². The highest BCUT2D eigenvalue weighted by molar-refractivity contribution is 6.35. The second-order valence-corrected chi connectivity index (χ2v) is 5.10. The number of halogens is 3. The maximum atomic E-state index is 6.17. The highest BCUT2D eigenvalue weighted by Crippen LogP contribution is 2.23. The maximum absolute atomic E-state index is 6.17. The molecule has 17 heavy (non-hydrogen) atoms. The van der Waals surface area contributed by atoms with Crippen molar-refractivity contribution in [2.24, 2.45) is 0 Å². The van der Waals surface area contributed by atoms with E-state index in [0.29, 0.717) is 11.1 Å². The van der Waals surface area contributed by atoms with Gasteiger partial charge in [0.15, 0.2) is 0 Å². The molecule has 96 valence electrons. The summed E-state index contributed by atoms with van der Waals surface area (Å²) in [4.78, 5) is 2.44. The van der Waals surface area contributed by atoms with Crippen LogP contribution in [0.15, 0.2) is 18.2 Å². The van der Waals surface area contributed by atoms with E-state index in [9.17, 15) is 0 Å². The Hall–Kier alpha value is 0.01000. The van der Waals surface area contributed by atoms with Crippen molar-refractivity contribution in [2.75, 3.05) is 19.6 Å². The zero-order valence-electron chi connectivity index (χ0n) is 9.75. The number of hydrogen-bond donors (Lipinski definition) is 1. The second kappa shape index (κ2) is 6.81. The predicted molar refractivity (Wildman–Crippen MR) is 76.5 cm³/mol. The highest BCUT2D eigenvalue weighted by atomic mass is 35.5. The van der Waals surface area contributed by atoms with Crippen LogP contribution in [-0.2, 0) is 6.54 Å². The summed E-state index contributed by atoms with van der Waals surface area (Å²) in [6.07, 6.45) is 0. The van der Waals surface area contributed by atoms with Gasteiger partial charge in [0.05, 0.1) is 0 Å². The molecule has 1 saturated heterocycles. The molecular weight excluding hydrogens is 279 g/mol. The summed E-state index contributed by atoms with van der Waals surface area (Å²) >= 11 is 12.1. The molecule has 1 heterocycles. The van der Waals surface area contributed by atoms with Crippen LogP contribution in [-0.4, -0.2) is 30.6 Å². The van der Waals surface area contributed by atoms with Crippen molar-refractivity contribution in [3.8, 4) is 0 Å². The van der Waals surface area contributed by atoms with E-state index in [-0.39, 0.29) is 12.4 Å². The zero-order valence-corrected chi connectivity index (χ0v) is 12.1. The molecular formula is C12H17Cl3N2. The molecule has 1 atom stereocenters. The molecule has 0 bridgehead atoms. The predicted octanol–water partition coefficient (Wildman–Crippen LogP) is 3.21. The highest BCUT2D eigenvalue weighted by Gasteiger charge is 2.18. The lowest BCUT2D eigenvalue weighted by atomic mass is 10.1. The van der Waals surface area contributed by atoms with Gasteiger partial charge in [0.2, 0.25) is 0 Å². The van der Waals surface area contributed by atoms with E-state index in [2.05, 4.69) is 17.1 Å². The standard InChI is InChI=1S/C12H16Cl2N2.ClH/c1-9-7-15-4-5-16(9)8-10-2-3-11(13)6-12(10)14;/h2-3,6,9,15H,4-5,7-8H2,1H3;1H/t9-;/m1./s1. The Bertz CT molecular complexity index is 371. The van der Waals surface area contributed by atoms with Gasteiger partial charge < -0.3 is 5.32 Å². The third-order valence-corrected chi connectivity index (χ3v) is 3.61. The molecule has 0 amide bonds. The lowest BCUT2D eigenvalue weighted by Crippen LogP contribution is -2.49. The molecule has 0 radical (unpaired) electrons. The van der Waals surface area contributed by atoms with Crippen LogP contribution in [0, 0.1) is 0 Å². The van der Waals surface area contributed by atoms with E-state index in [4.69, 9.17) is 23.2 Å². The van der Waals surface area contributed by atoms with Crippen LogP contribution in [0.25, 0.3) is 0 Å². The van der Waals surface area contributed by atoms with Crippen LogP contribution in [0.2, 0.25) is 10.0 Å². The molecule has 0 spiro atoms. The summed E-state index contributed by atoms with van der Waals surface area (Å²) in [7, 11) is 0. The quantitative estimate of drug-likeness (QED) is 0.901. The summed E-state index contributed by atoms with van der Waals surface area (Å²) in [5, 5.41) is 4.84. The summed E-state index contributed by atoms with van der Waals surface area (Å²) in [5.74, 6) is 0. The van der Waals surface area contributed by atoms with Gasteiger partial charge in [0.25, 0.3) is 0 Å². The fraction of sp³-hybridized carbons (Fsp3) is 0.500. The number of nitrogens with one attached hydrogen (secondary N) is 1. The van der Waals surface area contributed by atoms with E-state index in [0.717, 1.165) is 36.8 Å². The van der Waals surface area contributed by atoms with Gasteiger partial charge in [-0.05, 0) is 24.6 Å². The number of nitrogens with zero attached hydrogens (tertiary/aromatic N) is 1. The Morgan fingerprint density at radius 1 is 1.41 bits per heavy atom. The van der Waals surface area contributed by atoms with E-state index >= 15 is 0 Å². The van der Waals surface area contributed by atoms with Crippen molar-refractivity contribution in [2.45, 2.75) is 19.5 Å². The normalized spacial score (nSPS) is 21.0. The van der Waals surface area contributed by atoms with Crippen molar-refractivity contribution in [3.05, 3.63) is 33.8 Å². The molecule has 1 fully saturated rings. The number of rotatable bonds is 2. The van der Waals surface area contributed by atoms with Crippen LogP contribution >= 0.6 is 35.6 Å². The largest absolute Gasteiger partial charge is 0.314 e. The second-order valence-electron chi connectivity index (χ2n) is 4.26. The third-order valence-electron chi connectivity index (χ3n) is 3.03. The average Bonchev–Trinajstić information content (AvgIpc) is 2.25.